The zero-order valence-corrected chi connectivity index (χ0v) is 25.1. The van der Waals surface area contributed by atoms with Gasteiger partial charge in [0.2, 0.25) is 0 Å². The lowest BCUT2D eigenvalue weighted by atomic mass is 9.87. The molecule has 4 rings (SSSR count). The maximum Gasteiger partial charge on any atom is 0.276 e. The number of hydrogen-bond donors (Lipinski definition) is 0. The van der Waals surface area contributed by atoms with E-state index in [0.29, 0.717) is 35.7 Å². The van der Waals surface area contributed by atoms with Crippen molar-refractivity contribution >= 4 is 17.5 Å². The lowest BCUT2D eigenvalue weighted by Crippen LogP contribution is -2.41. The molecule has 40 heavy (non-hydrogen) atoms. The largest absolute Gasteiger partial charge is 0.485 e. The lowest BCUT2D eigenvalue weighted by molar-refractivity contribution is -0.386. The number of benzene rings is 2. The number of nitrogens with zero attached hydrogens (tertiary/aromatic N) is 2. The first-order chi connectivity index (χ1) is 18.6. The summed E-state index contributed by atoms with van der Waals surface area (Å²) in [6.07, 6.45) is 5.37. The number of nitro benzene ring substituents is 2. The van der Waals surface area contributed by atoms with Crippen molar-refractivity contribution in [1.29, 1.82) is 0 Å². The first-order valence-corrected chi connectivity index (χ1v) is 13.2. The van der Waals surface area contributed by atoms with E-state index in [1.165, 1.54) is 0 Å². The first kappa shape index (κ1) is 31.0. The Morgan fingerprint density at radius 3 is 1.82 bits per heavy atom. The third-order valence-electron chi connectivity index (χ3n) is 8.04. The van der Waals surface area contributed by atoms with Crippen LogP contribution in [0.1, 0.15) is 64.8 Å². The molecule has 0 aliphatic carbocycles. The van der Waals surface area contributed by atoms with E-state index < -0.39 is 5.60 Å². The molecule has 2 heterocycles. The molecule has 0 radical (unpaired) electrons. The Kier molecular flexibility index (Phi) is 8.96. The number of ether oxygens (including phenoxy) is 4. The van der Waals surface area contributed by atoms with Gasteiger partial charge in [-0.1, -0.05) is 6.08 Å². The van der Waals surface area contributed by atoms with E-state index in [2.05, 4.69) is 0 Å². The van der Waals surface area contributed by atoms with Gasteiger partial charge in [0.15, 0.2) is 0 Å². The third kappa shape index (κ3) is 5.69. The maximum absolute atomic E-state index is 11.3. The summed E-state index contributed by atoms with van der Waals surface area (Å²) in [6, 6.07) is 0. The Morgan fingerprint density at radius 2 is 1.30 bits per heavy atom. The van der Waals surface area contributed by atoms with E-state index in [0.717, 1.165) is 46.4 Å². The second kappa shape index (κ2) is 11.5. The van der Waals surface area contributed by atoms with Crippen LogP contribution in [0.4, 0.5) is 11.4 Å². The van der Waals surface area contributed by atoms with E-state index in [9.17, 15) is 20.2 Å². The molecular formula is C30H40N2O8. The van der Waals surface area contributed by atoms with Gasteiger partial charge >= 0.3 is 0 Å². The van der Waals surface area contributed by atoms with Crippen LogP contribution in [0.25, 0.3) is 6.08 Å². The van der Waals surface area contributed by atoms with Crippen LogP contribution in [-0.4, -0.2) is 48.5 Å². The predicted molar refractivity (Wildman–Crippen MR) is 154 cm³/mol. The predicted octanol–water partition coefficient (Wildman–Crippen LogP) is 6.58. The summed E-state index contributed by atoms with van der Waals surface area (Å²) >= 11 is 0. The molecule has 2 atom stereocenters. The van der Waals surface area contributed by atoms with E-state index in [1.807, 2.05) is 46.8 Å². The summed E-state index contributed by atoms with van der Waals surface area (Å²) < 4.78 is 22.6. The van der Waals surface area contributed by atoms with Crippen molar-refractivity contribution < 1.29 is 28.8 Å². The second-order valence-corrected chi connectivity index (χ2v) is 11.2. The van der Waals surface area contributed by atoms with Crippen LogP contribution in [0.3, 0.4) is 0 Å². The Morgan fingerprint density at radius 1 is 0.775 bits per heavy atom. The fourth-order valence-electron chi connectivity index (χ4n) is 5.60. The van der Waals surface area contributed by atoms with Gasteiger partial charge < -0.3 is 18.9 Å². The molecule has 0 spiro atoms. The minimum absolute atomic E-state index is 0.171. The highest BCUT2D eigenvalue weighted by Gasteiger charge is 2.36. The van der Waals surface area contributed by atoms with Crippen molar-refractivity contribution in [2.75, 3.05) is 27.4 Å². The Labute approximate surface area is 235 Å². The summed E-state index contributed by atoms with van der Waals surface area (Å²) in [5.74, 6) is 1.52. The van der Waals surface area contributed by atoms with Crippen molar-refractivity contribution in [3.05, 3.63) is 70.8 Å². The van der Waals surface area contributed by atoms with Gasteiger partial charge in [-0.25, -0.2) is 0 Å². The lowest BCUT2D eigenvalue weighted by Gasteiger charge is -2.37. The van der Waals surface area contributed by atoms with Crippen LogP contribution >= 0.6 is 0 Å². The minimum Gasteiger partial charge on any atom is -0.485 e. The van der Waals surface area contributed by atoms with Crippen LogP contribution in [0, 0.1) is 61.8 Å². The Balaban J connectivity index is 0.000000220. The smallest absolute Gasteiger partial charge is 0.276 e. The summed E-state index contributed by atoms with van der Waals surface area (Å²) in [4.78, 5) is 21.9. The molecule has 2 aliphatic rings. The number of hydrogen-bond acceptors (Lipinski definition) is 8. The molecule has 0 aromatic heterocycles. The molecular weight excluding hydrogens is 516 g/mol. The molecule has 10 nitrogen and oxygen atoms in total. The summed E-state index contributed by atoms with van der Waals surface area (Å²) in [5, 5.41) is 22.5. The SMILES string of the molecule is COCC1(C)C=Cc2c(C)c([N+](=O)[O-])c(C)c(C)c2O1.COCC1(C)CCc2c(C)c([N+](=O)[O-])c(C)c(C)c2O1. The van der Waals surface area contributed by atoms with Crippen LogP contribution in [-0.2, 0) is 15.9 Å². The van der Waals surface area contributed by atoms with Crippen LogP contribution in [0.15, 0.2) is 6.08 Å². The van der Waals surface area contributed by atoms with E-state index in [-0.39, 0.29) is 26.8 Å². The molecule has 2 aromatic rings. The molecule has 0 fully saturated rings. The number of nitro groups is 2. The molecule has 2 unspecified atom stereocenters. The molecule has 0 amide bonds. The van der Waals surface area contributed by atoms with Crippen LogP contribution < -0.4 is 9.47 Å². The summed E-state index contributed by atoms with van der Waals surface area (Å²) in [6.45, 7) is 15.8. The highest BCUT2D eigenvalue weighted by Crippen LogP contribution is 2.44. The summed E-state index contributed by atoms with van der Waals surface area (Å²) in [7, 11) is 3.28. The quantitative estimate of drug-likeness (QED) is 0.289. The molecule has 10 heteroatoms. The monoisotopic (exact) mass is 556 g/mol. The highest BCUT2D eigenvalue weighted by molar-refractivity contribution is 5.73. The fourth-order valence-corrected chi connectivity index (χ4v) is 5.60. The normalized spacial score (nSPS) is 20.9. The Hall–Kier alpha value is -3.50. The van der Waals surface area contributed by atoms with Gasteiger partial charge in [0.1, 0.15) is 22.7 Å². The molecule has 2 aromatic carbocycles. The van der Waals surface area contributed by atoms with Crippen LogP contribution in [0.5, 0.6) is 11.5 Å². The van der Waals surface area contributed by atoms with E-state index in [4.69, 9.17) is 18.9 Å². The van der Waals surface area contributed by atoms with Gasteiger partial charge in [0.25, 0.3) is 11.4 Å². The third-order valence-corrected chi connectivity index (χ3v) is 8.04. The van der Waals surface area contributed by atoms with Crippen molar-refractivity contribution in [2.45, 2.75) is 79.4 Å². The molecule has 0 saturated heterocycles. The van der Waals surface area contributed by atoms with Gasteiger partial charge in [0.05, 0.1) is 23.1 Å². The van der Waals surface area contributed by atoms with Gasteiger partial charge in [0, 0.05) is 58.7 Å². The van der Waals surface area contributed by atoms with Gasteiger partial charge in [-0.3, -0.25) is 20.2 Å². The van der Waals surface area contributed by atoms with Crippen LogP contribution in [0.2, 0.25) is 0 Å². The van der Waals surface area contributed by atoms with Gasteiger partial charge in [-0.15, -0.1) is 0 Å². The maximum atomic E-state index is 11.3. The first-order valence-electron chi connectivity index (χ1n) is 13.2. The number of rotatable bonds is 6. The second-order valence-electron chi connectivity index (χ2n) is 11.2. The topological polar surface area (TPSA) is 123 Å². The summed E-state index contributed by atoms with van der Waals surface area (Å²) in [5.41, 5.74) is 5.63. The van der Waals surface area contributed by atoms with Crippen molar-refractivity contribution in [1.82, 2.24) is 0 Å². The molecule has 218 valence electrons. The minimum atomic E-state index is -0.540. The zero-order chi connectivity index (χ0) is 30.2. The molecule has 0 bridgehead atoms. The Bertz CT molecular complexity index is 1380. The van der Waals surface area contributed by atoms with Crippen molar-refractivity contribution in [2.24, 2.45) is 0 Å². The average Bonchev–Trinajstić information content (AvgIpc) is 2.86. The number of methoxy groups -OCH3 is 2. The van der Waals surface area contributed by atoms with Gasteiger partial charge in [-0.2, -0.15) is 0 Å². The van der Waals surface area contributed by atoms with Crippen molar-refractivity contribution in [3.63, 3.8) is 0 Å². The standard InChI is InChI=1S/C15H21NO4.C15H19NO4/c2*1-9-10(2)14-12(11(3)13(9)16(17)18)6-7-15(4,20-14)8-19-5/h6-8H2,1-5H3;6-7H,8H2,1-5H3. The van der Waals surface area contributed by atoms with Gasteiger partial charge in [-0.05, 0) is 74.3 Å². The molecule has 0 N–H and O–H groups in total. The van der Waals surface area contributed by atoms with E-state index >= 15 is 0 Å². The highest BCUT2D eigenvalue weighted by atomic mass is 16.6. The molecule has 0 saturated carbocycles. The van der Waals surface area contributed by atoms with Crippen molar-refractivity contribution in [3.8, 4) is 11.5 Å². The number of fused-ring (bicyclic) bond motifs is 2. The van der Waals surface area contributed by atoms with E-state index in [1.54, 1.807) is 35.0 Å². The fraction of sp³-hybridized carbons (Fsp3) is 0.533. The molecule has 2 aliphatic heterocycles. The average molecular weight is 557 g/mol. The zero-order valence-electron chi connectivity index (χ0n) is 25.1.